The summed E-state index contributed by atoms with van der Waals surface area (Å²) in [6, 6.07) is 18.0. The minimum absolute atomic E-state index is 0.275. The first-order valence-corrected chi connectivity index (χ1v) is 6.89. The summed E-state index contributed by atoms with van der Waals surface area (Å²) in [5, 5.41) is 0. The lowest BCUT2D eigenvalue weighted by Crippen LogP contribution is -2.32. The summed E-state index contributed by atoms with van der Waals surface area (Å²) in [5.74, 6) is 0.468. The number of rotatable bonds is 5. The van der Waals surface area contributed by atoms with Crippen molar-refractivity contribution in [3.8, 4) is 16.9 Å². The van der Waals surface area contributed by atoms with E-state index >= 15 is 0 Å². The van der Waals surface area contributed by atoms with Crippen LogP contribution in [-0.4, -0.2) is 19.7 Å². The summed E-state index contributed by atoms with van der Waals surface area (Å²) in [5.41, 5.74) is 1.64. The Morgan fingerprint density at radius 3 is 2.10 bits per heavy atom. The van der Waals surface area contributed by atoms with Crippen molar-refractivity contribution in [1.82, 2.24) is 0 Å². The number of methoxy groups -OCH3 is 1. The van der Waals surface area contributed by atoms with E-state index in [4.69, 9.17) is 9.47 Å². The second-order valence-electron chi connectivity index (χ2n) is 5.55. The van der Waals surface area contributed by atoms with Crippen LogP contribution in [0.3, 0.4) is 0 Å². The molecule has 0 bridgehead atoms. The Labute approximate surface area is 125 Å². The Morgan fingerprint density at radius 2 is 1.52 bits per heavy atom. The summed E-state index contributed by atoms with van der Waals surface area (Å²) in [6.07, 6.45) is 0. The summed E-state index contributed by atoms with van der Waals surface area (Å²) in [4.78, 5) is 11.6. The predicted molar refractivity (Wildman–Crippen MR) is 83.2 cm³/mol. The molecule has 0 unspecified atom stereocenters. The molecular weight excluding hydrogens is 264 g/mol. The van der Waals surface area contributed by atoms with Gasteiger partial charge in [-0.05, 0) is 37.1 Å². The summed E-state index contributed by atoms with van der Waals surface area (Å²) in [7, 11) is 1.39. The van der Waals surface area contributed by atoms with Crippen LogP contribution in [0.25, 0.3) is 11.1 Å². The predicted octanol–water partition coefficient (Wildman–Crippen LogP) is 3.93. The normalized spacial score (nSPS) is 11.0. The van der Waals surface area contributed by atoms with Crippen molar-refractivity contribution in [1.29, 1.82) is 0 Å². The molecule has 0 heterocycles. The van der Waals surface area contributed by atoms with Crippen molar-refractivity contribution in [2.45, 2.75) is 13.8 Å². The maximum atomic E-state index is 11.6. The highest BCUT2D eigenvalue weighted by Gasteiger charge is 2.29. The molecule has 3 nitrogen and oxygen atoms in total. The van der Waals surface area contributed by atoms with Crippen molar-refractivity contribution in [2.24, 2.45) is 5.41 Å². The van der Waals surface area contributed by atoms with Gasteiger partial charge < -0.3 is 9.47 Å². The molecule has 2 rings (SSSR count). The second-order valence-corrected chi connectivity index (χ2v) is 5.55. The third-order valence-corrected chi connectivity index (χ3v) is 3.30. The SMILES string of the molecule is COC(=O)C(C)(C)COc1ccc(-c2ccccc2)cc1. The molecule has 0 aliphatic rings. The fraction of sp³-hybridized carbons (Fsp3) is 0.278. The molecule has 2 aromatic rings. The highest BCUT2D eigenvalue weighted by molar-refractivity contribution is 5.75. The van der Waals surface area contributed by atoms with Gasteiger partial charge in [0.15, 0.2) is 0 Å². The first-order valence-electron chi connectivity index (χ1n) is 6.89. The Kier molecular flexibility index (Phi) is 4.63. The van der Waals surface area contributed by atoms with Crippen LogP contribution in [0.15, 0.2) is 54.6 Å². The number of benzene rings is 2. The Bertz CT molecular complexity index is 586. The van der Waals surface area contributed by atoms with Gasteiger partial charge in [0, 0.05) is 0 Å². The monoisotopic (exact) mass is 284 g/mol. The molecule has 0 radical (unpaired) electrons. The first kappa shape index (κ1) is 15.1. The molecule has 0 saturated heterocycles. The van der Waals surface area contributed by atoms with Gasteiger partial charge in [0.2, 0.25) is 0 Å². The largest absolute Gasteiger partial charge is 0.492 e. The van der Waals surface area contributed by atoms with Crippen LogP contribution >= 0.6 is 0 Å². The number of carbonyl (C=O) groups excluding carboxylic acids is 1. The molecule has 21 heavy (non-hydrogen) atoms. The minimum Gasteiger partial charge on any atom is -0.492 e. The van der Waals surface area contributed by atoms with Crippen molar-refractivity contribution in [3.63, 3.8) is 0 Å². The molecule has 0 aromatic heterocycles. The van der Waals surface area contributed by atoms with E-state index < -0.39 is 5.41 Å². The Balaban J connectivity index is 2.02. The molecule has 0 atom stereocenters. The van der Waals surface area contributed by atoms with Crippen LogP contribution in [0.1, 0.15) is 13.8 Å². The maximum absolute atomic E-state index is 11.6. The lowest BCUT2D eigenvalue weighted by molar-refractivity contribution is -0.152. The standard InChI is InChI=1S/C18H20O3/c1-18(2,17(19)20-3)13-21-16-11-9-15(10-12-16)14-7-5-4-6-8-14/h4-12H,13H2,1-3H3. The van der Waals surface area contributed by atoms with E-state index in [2.05, 4.69) is 12.1 Å². The second kappa shape index (κ2) is 6.44. The Morgan fingerprint density at radius 1 is 0.952 bits per heavy atom. The number of carbonyl (C=O) groups is 1. The molecule has 110 valence electrons. The molecule has 0 aliphatic carbocycles. The lowest BCUT2D eigenvalue weighted by atomic mass is 9.95. The quantitative estimate of drug-likeness (QED) is 0.780. The summed E-state index contributed by atoms with van der Waals surface area (Å²) < 4.78 is 10.4. The molecule has 3 heteroatoms. The average Bonchev–Trinajstić information content (AvgIpc) is 2.53. The van der Waals surface area contributed by atoms with Gasteiger partial charge in [-0.3, -0.25) is 4.79 Å². The molecular formula is C18H20O3. The van der Waals surface area contributed by atoms with Gasteiger partial charge in [-0.15, -0.1) is 0 Å². The fourth-order valence-corrected chi connectivity index (χ4v) is 1.97. The van der Waals surface area contributed by atoms with Gasteiger partial charge in [0.05, 0.1) is 12.5 Å². The smallest absolute Gasteiger partial charge is 0.314 e. The van der Waals surface area contributed by atoms with Crippen LogP contribution in [0.2, 0.25) is 0 Å². The molecule has 0 fully saturated rings. The fourth-order valence-electron chi connectivity index (χ4n) is 1.97. The molecule has 0 N–H and O–H groups in total. The number of esters is 1. The molecule has 0 spiro atoms. The number of hydrogen-bond donors (Lipinski definition) is 0. The zero-order valence-electron chi connectivity index (χ0n) is 12.6. The summed E-state index contributed by atoms with van der Waals surface area (Å²) >= 11 is 0. The van der Waals surface area contributed by atoms with Crippen LogP contribution in [0.4, 0.5) is 0 Å². The van der Waals surface area contributed by atoms with Crippen molar-refractivity contribution < 1.29 is 14.3 Å². The van der Waals surface area contributed by atoms with E-state index in [0.29, 0.717) is 0 Å². The van der Waals surface area contributed by atoms with Gasteiger partial charge >= 0.3 is 5.97 Å². The van der Waals surface area contributed by atoms with Crippen molar-refractivity contribution >= 4 is 5.97 Å². The highest BCUT2D eigenvalue weighted by Crippen LogP contribution is 2.24. The molecule has 0 aliphatic heterocycles. The zero-order valence-corrected chi connectivity index (χ0v) is 12.6. The molecule has 0 amide bonds. The third-order valence-electron chi connectivity index (χ3n) is 3.30. The van der Waals surface area contributed by atoms with Gasteiger partial charge in [0.25, 0.3) is 0 Å². The maximum Gasteiger partial charge on any atom is 0.314 e. The van der Waals surface area contributed by atoms with E-state index in [0.717, 1.165) is 11.3 Å². The van der Waals surface area contributed by atoms with Gasteiger partial charge in [0.1, 0.15) is 12.4 Å². The third kappa shape index (κ3) is 3.85. The van der Waals surface area contributed by atoms with Gasteiger partial charge in [-0.1, -0.05) is 42.5 Å². The first-order chi connectivity index (χ1) is 10.0. The van der Waals surface area contributed by atoms with E-state index in [1.807, 2.05) is 42.5 Å². The van der Waals surface area contributed by atoms with E-state index in [9.17, 15) is 4.79 Å². The topological polar surface area (TPSA) is 35.5 Å². The van der Waals surface area contributed by atoms with Crippen LogP contribution in [0, 0.1) is 5.41 Å². The van der Waals surface area contributed by atoms with E-state index in [1.54, 1.807) is 13.8 Å². The van der Waals surface area contributed by atoms with Crippen molar-refractivity contribution in [3.05, 3.63) is 54.6 Å². The lowest BCUT2D eigenvalue weighted by Gasteiger charge is -2.21. The highest BCUT2D eigenvalue weighted by atomic mass is 16.5. The Hall–Kier alpha value is -2.29. The minimum atomic E-state index is -0.660. The van der Waals surface area contributed by atoms with Gasteiger partial charge in [-0.2, -0.15) is 0 Å². The van der Waals surface area contributed by atoms with Gasteiger partial charge in [-0.25, -0.2) is 0 Å². The van der Waals surface area contributed by atoms with Crippen LogP contribution < -0.4 is 4.74 Å². The van der Waals surface area contributed by atoms with Crippen LogP contribution in [-0.2, 0) is 9.53 Å². The zero-order chi connectivity index (χ0) is 15.3. The summed E-state index contributed by atoms with van der Waals surface area (Å²) in [6.45, 7) is 3.89. The average molecular weight is 284 g/mol. The number of ether oxygens (including phenoxy) is 2. The van der Waals surface area contributed by atoms with E-state index in [-0.39, 0.29) is 12.6 Å². The molecule has 2 aromatic carbocycles. The van der Waals surface area contributed by atoms with Crippen LogP contribution in [0.5, 0.6) is 5.75 Å². The number of hydrogen-bond acceptors (Lipinski definition) is 3. The van der Waals surface area contributed by atoms with Crippen molar-refractivity contribution in [2.75, 3.05) is 13.7 Å². The van der Waals surface area contributed by atoms with E-state index in [1.165, 1.54) is 12.7 Å². The molecule has 0 saturated carbocycles.